The number of halogens is 1. The number of anilines is 1. The molecule has 0 saturated carbocycles. The van der Waals surface area contributed by atoms with Gasteiger partial charge in [-0.05, 0) is 62.4 Å². The number of benzene rings is 2. The average molecular weight is 426 g/mol. The average Bonchev–Trinajstić information content (AvgIpc) is 2.96. The van der Waals surface area contributed by atoms with Gasteiger partial charge in [0.15, 0.2) is 0 Å². The molecule has 1 aromatic heterocycles. The van der Waals surface area contributed by atoms with Gasteiger partial charge >= 0.3 is 0 Å². The summed E-state index contributed by atoms with van der Waals surface area (Å²) in [6.45, 7) is 3.90. The lowest BCUT2D eigenvalue weighted by Gasteiger charge is -2.11. The van der Waals surface area contributed by atoms with Crippen LogP contribution in [-0.4, -0.2) is 23.4 Å². The fourth-order valence-electron chi connectivity index (χ4n) is 3.05. The van der Waals surface area contributed by atoms with Crippen molar-refractivity contribution < 1.29 is 9.59 Å². The van der Waals surface area contributed by atoms with Crippen LogP contribution in [0, 0.1) is 13.8 Å². The summed E-state index contributed by atoms with van der Waals surface area (Å²) in [5.74, 6) is -0.345. The van der Waals surface area contributed by atoms with Crippen molar-refractivity contribution in [3.05, 3.63) is 81.6 Å². The van der Waals surface area contributed by atoms with Crippen molar-refractivity contribution in [2.24, 2.45) is 0 Å². The molecule has 0 atom stereocenters. The SMILES string of the molecule is CNC(=O)c1ccc(NC(=O)c2cc(C)n(-c3cccc(Br)c3)c2C)cc1. The van der Waals surface area contributed by atoms with Crippen molar-refractivity contribution in [2.75, 3.05) is 12.4 Å². The monoisotopic (exact) mass is 425 g/mol. The van der Waals surface area contributed by atoms with E-state index in [0.29, 0.717) is 16.8 Å². The van der Waals surface area contributed by atoms with Crippen LogP contribution in [0.1, 0.15) is 32.1 Å². The Labute approximate surface area is 166 Å². The highest BCUT2D eigenvalue weighted by Gasteiger charge is 2.17. The fourth-order valence-corrected chi connectivity index (χ4v) is 3.44. The minimum atomic E-state index is -0.183. The maximum atomic E-state index is 12.8. The molecule has 5 nitrogen and oxygen atoms in total. The zero-order valence-corrected chi connectivity index (χ0v) is 16.9. The number of hydrogen-bond donors (Lipinski definition) is 2. The van der Waals surface area contributed by atoms with Crippen LogP contribution in [0.25, 0.3) is 5.69 Å². The normalized spacial score (nSPS) is 10.5. The van der Waals surface area contributed by atoms with Gasteiger partial charge in [-0.2, -0.15) is 0 Å². The molecule has 3 rings (SSSR count). The first kappa shape index (κ1) is 18.9. The lowest BCUT2D eigenvalue weighted by atomic mass is 10.2. The van der Waals surface area contributed by atoms with Crippen LogP contribution in [0.5, 0.6) is 0 Å². The van der Waals surface area contributed by atoms with Crippen LogP contribution in [-0.2, 0) is 0 Å². The third-order valence-corrected chi connectivity index (χ3v) is 4.87. The summed E-state index contributed by atoms with van der Waals surface area (Å²) in [6, 6.07) is 16.6. The van der Waals surface area contributed by atoms with Crippen LogP contribution in [0.15, 0.2) is 59.1 Å². The van der Waals surface area contributed by atoms with Crippen LogP contribution >= 0.6 is 15.9 Å². The molecule has 2 amide bonds. The molecule has 1 heterocycles. The minimum Gasteiger partial charge on any atom is -0.355 e. The Balaban J connectivity index is 1.86. The van der Waals surface area contributed by atoms with E-state index < -0.39 is 0 Å². The Morgan fingerprint density at radius 2 is 1.67 bits per heavy atom. The first-order chi connectivity index (χ1) is 12.9. The zero-order chi connectivity index (χ0) is 19.6. The van der Waals surface area contributed by atoms with E-state index in [9.17, 15) is 9.59 Å². The lowest BCUT2D eigenvalue weighted by molar-refractivity contribution is 0.0962. The summed E-state index contributed by atoms with van der Waals surface area (Å²) in [4.78, 5) is 24.4. The van der Waals surface area contributed by atoms with Crippen molar-refractivity contribution in [1.82, 2.24) is 9.88 Å². The second-order valence-electron chi connectivity index (χ2n) is 6.21. The minimum absolute atomic E-state index is 0.162. The number of carbonyl (C=O) groups excluding carboxylic acids is 2. The molecule has 0 aliphatic carbocycles. The van der Waals surface area contributed by atoms with Gasteiger partial charge in [-0.25, -0.2) is 0 Å². The molecule has 3 aromatic rings. The van der Waals surface area contributed by atoms with Crippen molar-refractivity contribution in [1.29, 1.82) is 0 Å². The molecule has 2 aromatic carbocycles. The predicted octanol–water partition coefficient (Wildman–Crippen LogP) is 4.47. The van der Waals surface area contributed by atoms with Gasteiger partial charge in [0.25, 0.3) is 11.8 Å². The molecule has 0 radical (unpaired) electrons. The van der Waals surface area contributed by atoms with E-state index in [0.717, 1.165) is 21.5 Å². The smallest absolute Gasteiger partial charge is 0.257 e. The molecule has 0 aliphatic rings. The second kappa shape index (κ2) is 7.80. The maximum Gasteiger partial charge on any atom is 0.257 e. The van der Waals surface area contributed by atoms with E-state index in [1.54, 1.807) is 31.3 Å². The van der Waals surface area contributed by atoms with Crippen LogP contribution in [0.3, 0.4) is 0 Å². The molecule has 6 heteroatoms. The van der Waals surface area contributed by atoms with Gasteiger partial charge in [-0.1, -0.05) is 22.0 Å². The summed E-state index contributed by atoms with van der Waals surface area (Å²) >= 11 is 3.49. The summed E-state index contributed by atoms with van der Waals surface area (Å²) in [7, 11) is 1.58. The molecule has 0 bridgehead atoms. The Bertz CT molecular complexity index is 1010. The van der Waals surface area contributed by atoms with Crippen molar-refractivity contribution >= 4 is 33.4 Å². The quantitative estimate of drug-likeness (QED) is 0.647. The van der Waals surface area contributed by atoms with E-state index >= 15 is 0 Å². The van der Waals surface area contributed by atoms with Gasteiger partial charge in [0.2, 0.25) is 0 Å². The van der Waals surface area contributed by atoms with Gasteiger partial charge in [-0.3, -0.25) is 9.59 Å². The number of rotatable bonds is 4. The molecular formula is C21H20BrN3O2. The number of aromatic nitrogens is 1. The summed E-state index contributed by atoms with van der Waals surface area (Å²) in [5, 5.41) is 5.46. The van der Waals surface area contributed by atoms with Gasteiger partial charge < -0.3 is 15.2 Å². The molecule has 0 saturated heterocycles. The van der Waals surface area contributed by atoms with Gasteiger partial charge in [0.1, 0.15) is 0 Å². The van der Waals surface area contributed by atoms with Crippen LogP contribution in [0.4, 0.5) is 5.69 Å². The number of nitrogens with one attached hydrogen (secondary N) is 2. The summed E-state index contributed by atoms with van der Waals surface area (Å²) in [5.41, 5.74) is 4.63. The van der Waals surface area contributed by atoms with Crippen molar-refractivity contribution in [3.63, 3.8) is 0 Å². The number of nitrogens with zero attached hydrogens (tertiary/aromatic N) is 1. The Kier molecular flexibility index (Phi) is 5.46. The number of aryl methyl sites for hydroxylation is 1. The Hall–Kier alpha value is -2.86. The van der Waals surface area contributed by atoms with Crippen LogP contribution < -0.4 is 10.6 Å². The molecule has 2 N–H and O–H groups in total. The number of carbonyl (C=O) groups is 2. The third-order valence-electron chi connectivity index (χ3n) is 4.37. The molecule has 0 spiro atoms. The van der Waals surface area contributed by atoms with Gasteiger partial charge in [0, 0.05) is 39.8 Å². The van der Waals surface area contributed by atoms with Crippen molar-refractivity contribution in [3.8, 4) is 5.69 Å². The highest BCUT2D eigenvalue weighted by Crippen LogP contribution is 2.24. The first-order valence-corrected chi connectivity index (χ1v) is 9.28. The lowest BCUT2D eigenvalue weighted by Crippen LogP contribution is -2.18. The summed E-state index contributed by atoms with van der Waals surface area (Å²) in [6.07, 6.45) is 0. The third kappa shape index (κ3) is 3.95. The summed E-state index contributed by atoms with van der Waals surface area (Å²) < 4.78 is 3.03. The molecule has 27 heavy (non-hydrogen) atoms. The standard InChI is InChI=1S/C21H20BrN3O2/c1-13-11-19(14(2)25(13)18-6-4-5-16(22)12-18)21(27)24-17-9-7-15(8-10-17)20(26)23-3/h4-12H,1-3H3,(H,23,26)(H,24,27). The topological polar surface area (TPSA) is 63.1 Å². The Morgan fingerprint density at radius 1 is 0.963 bits per heavy atom. The predicted molar refractivity (Wildman–Crippen MR) is 111 cm³/mol. The largest absolute Gasteiger partial charge is 0.355 e. The van der Waals surface area contributed by atoms with E-state index in [-0.39, 0.29) is 11.8 Å². The molecule has 0 unspecified atom stereocenters. The number of amides is 2. The van der Waals surface area contributed by atoms with Crippen molar-refractivity contribution in [2.45, 2.75) is 13.8 Å². The highest BCUT2D eigenvalue weighted by molar-refractivity contribution is 9.10. The molecule has 0 fully saturated rings. The maximum absolute atomic E-state index is 12.8. The fraction of sp³-hybridized carbons (Fsp3) is 0.143. The molecular weight excluding hydrogens is 406 g/mol. The second-order valence-corrected chi connectivity index (χ2v) is 7.13. The van der Waals surface area contributed by atoms with Crippen LogP contribution in [0.2, 0.25) is 0 Å². The molecule has 138 valence electrons. The first-order valence-electron chi connectivity index (χ1n) is 8.49. The molecule has 0 aliphatic heterocycles. The highest BCUT2D eigenvalue weighted by atomic mass is 79.9. The van der Waals surface area contributed by atoms with Gasteiger partial charge in [-0.15, -0.1) is 0 Å². The van der Waals surface area contributed by atoms with E-state index in [1.165, 1.54) is 0 Å². The van der Waals surface area contributed by atoms with E-state index in [1.807, 2.05) is 48.7 Å². The zero-order valence-electron chi connectivity index (χ0n) is 15.3. The van der Waals surface area contributed by atoms with Gasteiger partial charge in [0.05, 0.1) is 5.56 Å². The number of hydrogen-bond acceptors (Lipinski definition) is 2. The van der Waals surface area contributed by atoms with E-state index in [4.69, 9.17) is 0 Å². The van der Waals surface area contributed by atoms with E-state index in [2.05, 4.69) is 26.6 Å². The Morgan fingerprint density at radius 3 is 2.30 bits per heavy atom.